The van der Waals surface area contributed by atoms with Crippen LogP contribution in [0.5, 0.6) is 0 Å². The molecule has 1 N–H and O–H groups in total. The molecule has 0 amide bonds. The number of thiazole rings is 1. The van der Waals surface area contributed by atoms with Gasteiger partial charge in [0.05, 0.1) is 18.9 Å². The minimum Gasteiger partial charge on any atom is -0.384 e. The molecule has 1 fully saturated rings. The van der Waals surface area contributed by atoms with E-state index in [1.54, 1.807) is 25.6 Å². The van der Waals surface area contributed by atoms with Crippen molar-refractivity contribution in [3.8, 4) is 0 Å². The molecule has 5 nitrogen and oxygen atoms in total. The molecule has 20 heavy (non-hydrogen) atoms. The topological polar surface area (TPSA) is 46.6 Å². The molecule has 1 aliphatic rings. The second-order valence-electron chi connectivity index (χ2n) is 5.24. The van der Waals surface area contributed by atoms with Gasteiger partial charge in [-0.3, -0.25) is 0 Å². The fourth-order valence-corrected chi connectivity index (χ4v) is 3.77. The van der Waals surface area contributed by atoms with Gasteiger partial charge in [-0.1, -0.05) is 0 Å². The lowest BCUT2D eigenvalue weighted by Gasteiger charge is -2.32. The van der Waals surface area contributed by atoms with Crippen molar-refractivity contribution in [3.63, 3.8) is 0 Å². The molecule has 1 aromatic heterocycles. The highest BCUT2D eigenvalue weighted by molar-refractivity contribution is 7.15. The zero-order valence-electron chi connectivity index (χ0n) is 12.6. The molecule has 0 saturated carbocycles. The fraction of sp³-hybridized carbons (Fsp3) is 0.786. The van der Waals surface area contributed by atoms with Crippen LogP contribution in [-0.4, -0.2) is 45.9 Å². The Labute approximate surface area is 125 Å². The summed E-state index contributed by atoms with van der Waals surface area (Å²) >= 11 is 1.78. The molecule has 6 heteroatoms. The average Bonchev–Trinajstić information content (AvgIpc) is 2.84. The Hall–Kier alpha value is -0.690. The third kappa shape index (κ3) is 3.91. The van der Waals surface area contributed by atoms with Gasteiger partial charge in [0.2, 0.25) is 0 Å². The summed E-state index contributed by atoms with van der Waals surface area (Å²) in [7, 11) is 5.47. The maximum Gasteiger partial charge on any atom is 0.185 e. The SMILES string of the molecule is CNCc1sc(N2CCCC(COC)C2)nc1COC. The molecule has 2 heterocycles. The van der Waals surface area contributed by atoms with Crippen LogP contribution in [0.1, 0.15) is 23.4 Å². The fourth-order valence-electron chi connectivity index (χ4n) is 2.66. The van der Waals surface area contributed by atoms with E-state index in [4.69, 9.17) is 14.5 Å². The van der Waals surface area contributed by atoms with Crippen molar-refractivity contribution in [2.24, 2.45) is 5.92 Å². The van der Waals surface area contributed by atoms with E-state index >= 15 is 0 Å². The largest absolute Gasteiger partial charge is 0.384 e. The summed E-state index contributed by atoms with van der Waals surface area (Å²) in [5, 5.41) is 4.33. The van der Waals surface area contributed by atoms with E-state index < -0.39 is 0 Å². The molecule has 0 aromatic carbocycles. The zero-order chi connectivity index (χ0) is 14.4. The molecule has 2 rings (SSSR count). The number of anilines is 1. The number of rotatable bonds is 7. The number of methoxy groups -OCH3 is 2. The highest BCUT2D eigenvalue weighted by Crippen LogP contribution is 2.30. The zero-order valence-corrected chi connectivity index (χ0v) is 13.5. The van der Waals surface area contributed by atoms with Crippen LogP contribution in [-0.2, 0) is 22.6 Å². The van der Waals surface area contributed by atoms with Crippen LogP contribution < -0.4 is 10.2 Å². The van der Waals surface area contributed by atoms with Crippen molar-refractivity contribution in [1.29, 1.82) is 0 Å². The predicted octanol–water partition coefficient (Wildman–Crippen LogP) is 1.87. The molecule has 0 radical (unpaired) electrons. The first kappa shape index (κ1) is 15.7. The molecular formula is C14H25N3O2S. The van der Waals surface area contributed by atoms with Gasteiger partial charge in [0.15, 0.2) is 5.13 Å². The smallest absolute Gasteiger partial charge is 0.185 e. The van der Waals surface area contributed by atoms with Crippen LogP contribution in [0.25, 0.3) is 0 Å². The Morgan fingerprint density at radius 1 is 1.40 bits per heavy atom. The van der Waals surface area contributed by atoms with Crippen molar-refractivity contribution < 1.29 is 9.47 Å². The van der Waals surface area contributed by atoms with E-state index in [1.165, 1.54) is 17.7 Å². The number of ether oxygens (including phenoxy) is 2. The summed E-state index contributed by atoms with van der Waals surface area (Å²) in [5.41, 5.74) is 1.07. The van der Waals surface area contributed by atoms with Crippen molar-refractivity contribution in [2.75, 3.05) is 45.9 Å². The maximum absolute atomic E-state index is 5.30. The van der Waals surface area contributed by atoms with E-state index in [-0.39, 0.29) is 0 Å². The van der Waals surface area contributed by atoms with Gasteiger partial charge in [0, 0.05) is 38.7 Å². The third-order valence-corrected chi connectivity index (χ3v) is 4.74. The molecule has 1 atom stereocenters. The highest BCUT2D eigenvalue weighted by atomic mass is 32.1. The van der Waals surface area contributed by atoms with E-state index in [1.807, 2.05) is 7.05 Å². The Kier molecular flexibility index (Phi) is 6.22. The Morgan fingerprint density at radius 3 is 2.95 bits per heavy atom. The van der Waals surface area contributed by atoms with Gasteiger partial charge in [-0.15, -0.1) is 11.3 Å². The third-order valence-electron chi connectivity index (χ3n) is 3.58. The summed E-state index contributed by atoms with van der Waals surface area (Å²) < 4.78 is 10.6. The molecule has 1 saturated heterocycles. The summed E-state index contributed by atoms with van der Waals surface area (Å²) in [5.74, 6) is 0.622. The highest BCUT2D eigenvalue weighted by Gasteiger charge is 2.23. The first-order valence-electron chi connectivity index (χ1n) is 7.14. The van der Waals surface area contributed by atoms with Gasteiger partial charge in [-0.2, -0.15) is 0 Å². The van der Waals surface area contributed by atoms with E-state index in [2.05, 4.69) is 10.2 Å². The molecule has 1 unspecified atom stereocenters. The number of nitrogens with one attached hydrogen (secondary N) is 1. The molecule has 114 valence electrons. The van der Waals surface area contributed by atoms with Crippen LogP contribution in [0.15, 0.2) is 0 Å². The van der Waals surface area contributed by atoms with Crippen molar-refractivity contribution in [1.82, 2.24) is 10.3 Å². The second-order valence-corrected chi connectivity index (χ2v) is 6.30. The maximum atomic E-state index is 5.30. The van der Waals surface area contributed by atoms with Gasteiger partial charge in [0.25, 0.3) is 0 Å². The number of hydrogen-bond acceptors (Lipinski definition) is 6. The van der Waals surface area contributed by atoms with E-state index in [9.17, 15) is 0 Å². The Bertz CT molecular complexity index is 386. The Morgan fingerprint density at radius 2 is 2.25 bits per heavy atom. The number of hydrogen-bond donors (Lipinski definition) is 1. The first-order valence-corrected chi connectivity index (χ1v) is 7.96. The van der Waals surface area contributed by atoms with Crippen LogP contribution in [0, 0.1) is 5.92 Å². The second kappa shape index (κ2) is 7.93. The minimum absolute atomic E-state index is 0.586. The van der Waals surface area contributed by atoms with Crippen molar-refractivity contribution >= 4 is 16.5 Å². The minimum atomic E-state index is 0.586. The summed E-state index contributed by atoms with van der Waals surface area (Å²) in [6.45, 7) is 4.43. The van der Waals surface area contributed by atoms with Gasteiger partial charge in [0.1, 0.15) is 0 Å². The lowest BCUT2D eigenvalue weighted by Crippen LogP contribution is -2.37. The van der Waals surface area contributed by atoms with Crippen LogP contribution in [0.4, 0.5) is 5.13 Å². The summed E-state index contributed by atoms with van der Waals surface area (Å²) in [6.07, 6.45) is 2.47. The number of piperidine rings is 1. The molecule has 1 aromatic rings. The molecule has 1 aliphatic heterocycles. The standard InChI is InChI=1S/C14H25N3O2S/c1-15-7-13-12(10-19-3)16-14(20-13)17-6-4-5-11(8-17)9-18-2/h11,15H,4-10H2,1-3H3. The van der Waals surface area contributed by atoms with Crippen molar-refractivity contribution in [2.45, 2.75) is 26.0 Å². The van der Waals surface area contributed by atoms with Crippen molar-refractivity contribution in [3.05, 3.63) is 10.6 Å². The van der Waals surface area contributed by atoms with Crippen LogP contribution >= 0.6 is 11.3 Å². The molecular weight excluding hydrogens is 274 g/mol. The van der Waals surface area contributed by atoms with Gasteiger partial charge < -0.3 is 19.7 Å². The Balaban J connectivity index is 2.08. The number of nitrogens with zero attached hydrogens (tertiary/aromatic N) is 2. The lowest BCUT2D eigenvalue weighted by atomic mass is 9.99. The molecule has 0 spiro atoms. The quantitative estimate of drug-likeness (QED) is 0.833. The molecule has 0 bridgehead atoms. The lowest BCUT2D eigenvalue weighted by molar-refractivity contribution is 0.143. The van der Waals surface area contributed by atoms with Gasteiger partial charge in [-0.05, 0) is 25.8 Å². The predicted molar refractivity (Wildman–Crippen MR) is 82.4 cm³/mol. The summed E-state index contributed by atoms with van der Waals surface area (Å²) in [6, 6.07) is 0. The van der Waals surface area contributed by atoms with Crippen LogP contribution in [0.3, 0.4) is 0 Å². The van der Waals surface area contributed by atoms with Crippen LogP contribution in [0.2, 0.25) is 0 Å². The first-order chi connectivity index (χ1) is 9.78. The van der Waals surface area contributed by atoms with Gasteiger partial charge in [-0.25, -0.2) is 4.98 Å². The normalized spacial score (nSPS) is 19.6. The monoisotopic (exact) mass is 299 g/mol. The van der Waals surface area contributed by atoms with Gasteiger partial charge >= 0.3 is 0 Å². The summed E-state index contributed by atoms with van der Waals surface area (Å²) in [4.78, 5) is 8.45. The van der Waals surface area contributed by atoms with E-state index in [0.717, 1.165) is 37.1 Å². The average molecular weight is 299 g/mol. The number of aromatic nitrogens is 1. The van der Waals surface area contributed by atoms with E-state index in [0.29, 0.717) is 12.5 Å². The molecule has 0 aliphatic carbocycles.